The van der Waals surface area contributed by atoms with Gasteiger partial charge in [0.25, 0.3) is 0 Å². The minimum atomic E-state index is 0.697. The molecule has 1 fully saturated rings. The van der Waals surface area contributed by atoms with Gasteiger partial charge in [-0.05, 0) is 6.42 Å². The third-order valence-electron chi connectivity index (χ3n) is 1.04. The van der Waals surface area contributed by atoms with E-state index in [-0.39, 0.29) is 0 Å². The second-order valence-electron chi connectivity index (χ2n) is 1.61. The third-order valence-corrected chi connectivity index (χ3v) is 1.87. The molecule has 4 heteroatoms. The zero-order valence-corrected chi connectivity index (χ0v) is 5.28. The molecule has 8 heavy (non-hydrogen) atoms. The number of amides is 1. The average molecular weight is 132 g/mol. The highest BCUT2D eigenvalue weighted by atomic mass is 32.2. The molecule has 0 atom stereocenters. The molecule has 1 N–H and O–H groups in total. The molecule has 3 nitrogen and oxygen atoms in total. The van der Waals surface area contributed by atoms with Crippen LogP contribution in [-0.2, 0) is 4.79 Å². The van der Waals surface area contributed by atoms with Crippen molar-refractivity contribution >= 4 is 18.5 Å². The minimum Gasteiger partial charge on any atom is -0.289 e. The fourth-order valence-corrected chi connectivity index (χ4v) is 1.11. The molecule has 46 valence electrons. The lowest BCUT2D eigenvalue weighted by Gasteiger charge is -2.27. The number of carbonyl (C=O) groups excluding carboxylic acids is 1. The molecule has 0 aromatic carbocycles. The summed E-state index contributed by atoms with van der Waals surface area (Å²) < 4.78 is 4.60. The van der Waals surface area contributed by atoms with Gasteiger partial charge >= 0.3 is 0 Å². The molecule has 0 bridgehead atoms. The van der Waals surface area contributed by atoms with Gasteiger partial charge in [-0.15, -0.1) is 0 Å². The zero-order chi connectivity index (χ0) is 5.82. The molecule has 0 aliphatic carbocycles. The molecule has 1 aliphatic rings. The molecule has 1 rings (SSSR count). The van der Waals surface area contributed by atoms with E-state index in [2.05, 4.69) is 9.03 Å². The maximum Gasteiger partial charge on any atom is 0.217 e. The van der Waals surface area contributed by atoms with Crippen molar-refractivity contribution in [1.82, 2.24) is 9.03 Å². The second-order valence-corrected chi connectivity index (χ2v) is 2.54. The van der Waals surface area contributed by atoms with Crippen LogP contribution in [0.2, 0.25) is 0 Å². The highest BCUT2D eigenvalue weighted by Crippen LogP contribution is 2.13. The van der Waals surface area contributed by atoms with E-state index in [0.717, 1.165) is 13.1 Å². The van der Waals surface area contributed by atoms with Crippen LogP contribution in [0.1, 0.15) is 6.42 Å². The van der Waals surface area contributed by atoms with Gasteiger partial charge in [0.05, 0.1) is 0 Å². The standard InChI is InChI=1S/C4H8N2OS/c7-4-5-8-6-2-1-3-6/h4H,1-3H2,(H,5,7). The maximum atomic E-state index is 9.69. The first-order valence-electron chi connectivity index (χ1n) is 2.54. The van der Waals surface area contributed by atoms with Gasteiger partial charge in [-0.3, -0.25) is 9.52 Å². The Morgan fingerprint density at radius 3 is 2.75 bits per heavy atom. The van der Waals surface area contributed by atoms with E-state index in [4.69, 9.17) is 0 Å². The smallest absolute Gasteiger partial charge is 0.217 e. The van der Waals surface area contributed by atoms with Crippen LogP contribution in [0.15, 0.2) is 0 Å². The van der Waals surface area contributed by atoms with Gasteiger partial charge in [0.15, 0.2) is 0 Å². The van der Waals surface area contributed by atoms with Gasteiger partial charge in [-0.25, -0.2) is 4.31 Å². The van der Waals surface area contributed by atoms with Crippen molar-refractivity contribution < 1.29 is 4.79 Å². The van der Waals surface area contributed by atoms with Crippen molar-refractivity contribution in [1.29, 1.82) is 0 Å². The number of rotatable bonds is 3. The molecule has 1 saturated heterocycles. The second kappa shape index (κ2) is 2.94. The van der Waals surface area contributed by atoms with E-state index in [1.807, 2.05) is 0 Å². The van der Waals surface area contributed by atoms with Crippen molar-refractivity contribution in [3.63, 3.8) is 0 Å². The number of nitrogens with one attached hydrogen (secondary N) is 1. The SMILES string of the molecule is O=CNSN1CCC1. The van der Waals surface area contributed by atoms with E-state index >= 15 is 0 Å². The lowest BCUT2D eigenvalue weighted by Crippen LogP contribution is -2.33. The molecule has 1 amide bonds. The lowest BCUT2D eigenvalue weighted by atomic mass is 10.3. The fourth-order valence-electron chi connectivity index (χ4n) is 0.475. The zero-order valence-electron chi connectivity index (χ0n) is 4.46. The first kappa shape index (κ1) is 5.91. The molecular weight excluding hydrogens is 124 g/mol. The van der Waals surface area contributed by atoms with Crippen LogP contribution in [-0.4, -0.2) is 23.8 Å². The molecule has 0 radical (unpaired) electrons. The van der Waals surface area contributed by atoms with Gasteiger partial charge in [0.2, 0.25) is 6.41 Å². The Bertz CT molecular complexity index is 84.1. The van der Waals surface area contributed by atoms with E-state index < -0.39 is 0 Å². The Morgan fingerprint density at radius 2 is 2.38 bits per heavy atom. The Kier molecular flexibility index (Phi) is 2.17. The van der Waals surface area contributed by atoms with Crippen LogP contribution in [0.3, 0.4) is 0 Å². The van der Waals surface area contributed by atoms with Crippen molar-refractivity contribution in [2.24, 2.45) is 0 Å². The summed E-state index contributed by atoms with van der Waals surface area (Å²) in [6.45, 7) is 2.21. The minimum absolute atomic E-state index is 0.697. The van der Waals surface area contributed by atoms with Gasteiger partial charge < -0.3 is 0 Å². The summed E-state index contributed by atoms with van der Waals surface area (Å²) in [5.74, 6) is 0. The van der Waals surface area contributed by atoms with Crippen molar-refractivity contribution in [2.75, 3.05) is 13.1 Å². The van der Waals surface area contributed by atoms with Crippen LogP contribution in [0.25, 0.3) is 0 Å². The Labute approximate surface area is 52.7 Å². The number of nitrogens with zero attached hydrogens (tertiary/aromatic N) is 1. The molecule has 1 heterocycles. The van der Waals surface area contributed by atoms with Gasteiger partial charge in [0, 0.05) is 25.2 Å². The van der Waals surface area contributed by atoms with E-state index in [1.165, 1.54) is 18.6 Å². The van der Waals surface area contributed by atoms with Gasteiger partial charge in [0.1, 0.15) is 0 Å². The third kappa shape index (κ3) is 1.38. The van der Waals surface area contributed by atoms with Gasteiger partial charge in [-0.1, -0.05) is 0 Å². The summed E-state index contributed by atoms with van der Waals surface area (Å²) in [7, 11) is 0. The van der Waals surface area contributed by atoms with Crippen LogP contribution >= 0.6 is 12.1 Å². The molecule has 0 unspecified atom stereocenters. The van der Waals surface area contributed by atoms with E-state index in [9.17, 15) is 4.79 Å². The maximum absolute atomic E-state index is 9.69. The summed E-state index contributed by atoms with van der Waals surface area (Å²) in [6.07, 6.45) is 1.95. The number of hydrogen-bond donors (Lipinski definition) is 1. The summed E-state index contributed by atoms with van der Waals surface area (Å²) in [6, 6.07) is 0. The number of carbonyl (C=O) groups is 1. The van der Waals surface area contributed by atoms with Crippen LogP contribution in [0.4, 0.5) is 0 Å². The Balaban J connectivity index is 1.93. The number of hydrogen-bond acceptors (Lipinski definition) is 3. The molecule has 0 saturated carbocycles. The average Bonchev–Trinajstić information content (AvgIpc) is 1.63. The highest BCUT2D eigenvalue weighted by molar-refractivity contribution is 7.95. The summed E-state index contributed by atoms with van der Waals surface area (Å²) >= 11 is 1.38. The van der Waals surface area contributed by atoms with Crippen LogP contribution < -0.4 is 4.72 Å². The largest absolute Gasteiger partial charge is 0.289 e. The summed E-state index contributed by atoms with van der Waals surface area (Å²) in [5.41, 5.74) is 0. The first-order valence-corrected chi connectivity index (χ1v) is 3.32. The molecule has 0 aromatic rings. The topological polar surface area (TPSA) is 32.3 Å². The van der Waals surface area contributed by atoms with E-state index in [1.54, 1.807) is 0 Å². The van der Waals surface area contributed by atoms with Crippen molar-refractivity contribution in [3.05, 3.63) is 0 Å². The van der Waals surface area contributed by atoms with Crippen LogP contribution in [0, 0.1) is 0 Å². The molecular formula is C4H8N2OS. The molecule has 0 aromatic heterocycles. The van der Waals surface area contributed by atoms with Gasteiger partial charge in [-0.2, -0.15) is 0 Å². The first-order chi connectivity index (χ1) is 3.93. The van der Waals surface area contributed by atoms with Crippen LogP contribution in [0.5, 0.6) is 0 Å². The molecule has 1 aliphatic heterocycles. The normalized spacial score (nSPS) is 19.5. The monoisotopic (exact) mass is 132 g/mol. The van der Waals surface area contributed by atoms with Crippen molar-refractivity contribution in [2.45, 2.75) is 6.42 Å². The predicted octanol–water partition coefficient (Wildman–Crippen LogP) is 0.00130. The predicted molar refractivity (Wildman–Crippen MR) is 33.0 cm³/mol. The Hall–Kier alpha value is -0.220. The Morgan fingerprint density at radius 1 is 1.62 bits per heavy atom. The lowest BCUT2D eigenvalue weighted by molar-refractivity contribution is -0.108. The molecule has 0 spiro atoms. The van der Waals surface area contributed by atoms with E-state index in [0.29, 0.717) is 6.41 Å². The summed E-state index contributed by atoms with van der Waals surface area (Å²) in [4.78, 5) is 9.69. The fraction of sp³-hybridized carbons (Fsp3) is 0.750. The van der Waals surface area contributed by atoms with Crippen molar-refractivity contribution in [3.8, 4) is 0 Å². The highest BCUT2D eigenvalue weighted by Gasteiger charge is 2.12. The summed E-state index contributed by atoms with van der Waals surface area (Å²) in [5, 5.41) is 0. The quantitative estimate of drug-likeness (QED) is 0.433.